The van der Waals surface area contributed by atoms with Crippen molar-refractivity contribution < 1.29 is 13.9 Å². The summed E-state index contributed by atoms with van der Waals surface area (Å²) >= 11 is 0. The topological polar surface area (TPSA) is 44.8 Å². The Hall–Kier alpha value is -2.44. The second-order valence-electron chi connectivity index (χ2n) is 7.85. The number of ether oxygens (including phenoxy) is 1. The van der Waals surface area contributed by atoms with Crippen LogP contribution < -0.4 is 5.32 Å². The molecule has 2 aromatic carbocycles. The molecule has 1 N–H and O–H groups in total. The molecule has 0 radical (unpaired) electrons. The smallest absolute Gasteiger partial charge is 0.322 e. The number of anilines is 1. The molecule has 1 saturated heterocycles. The number of carbonyl (C=O) groups excluding carboxylic acids is 1. The van der Waals surface area contributed by atoms with Crippen molar-refractivity contribution in [1.29, 1.82) is 0 Å². The van der Waals surface area contributed by atoms with Gasteiger partial charge in [-0.05, 0) is 38.5 Å². The van der Waals surface area contributed by atoms with E-state index in [4.69, 9.17) is 4.74 Å². The van der Waals surface area contributed by atoms with Gasteiger partial charge in [-0.1, -0.05) is 36.4 Å². The molecule has 2 aromatic rings. The van der Waals surface area contributed by atoms with Crippen LogP contribution >= 0.6 is 0 Å². The van der Waals surface area contributed by atoms with E-state index in [0.29, 0.717) is 5.56 Å². The summed E-state index contributed by atoms with van der Waals surface area (Å²) < 4.78 is 19.9. The summed E-state index contributed by atoms with van der Waals surface area (Å²) in [6.07, 6.45) is 0.376. The second kappa shape index (κ2) is 9.37. The number of para-hydroxylation sites is 1. The van der Waals surface area contributed by atoms with Crippen molar-refractivity contribution in [3.05, 3.63) is 65.5 Å². The lowest BCUT2D eigenvalue weighted by Gasteiger charge is -2.35. The van der Waals surface area contributed by atoms with E-state index < -0.39 is 0 Å². The standard InChI is InChI=1S/C23H30FN3O2/c1-16-13-27(14-17(2)29-16)15-19-9-5-8-12-22(19)25-23(28)26(4)18(3)20-10-6-7-11-21(20)24/h5-12,16-18H,13-15H2,1-4H3,(H,25,28). The minimum absolute atomic E-state index is 0.188. The third-order valence-corrected chi connectivity index (χ3v) is 5.40. The lowest BCUT2D eigenvalue weighted by molar-refractivity contribution is -0.0704. The van der Waals surface area contributed by atoms with E-state index in [2.05, 4.69) is 24.1 Å². The first-order chi connectivity index (χ1) is 13.8. The molecule has 5 nitrogen and oxygen atoms in total. The summed E-state index contributed by atoms with van der Waals surface area (Å²) in [5.74, 6) is -0.310. The lowest BCUT2D eigenvalue weighted by Crippen LogP contribution is -2.45. The number of carbonyl (C=O) groups is 1. The summed E-state index contributed by atoms with van der Waals surface area (Å²) in [4.78, 5) is 16.7. The fourth-order valence-electron chi connectivity index (χ4n) is 3.84. The van der Waals surface area contributed by atoms with Crippen LogP contribution in [0.1, 0.15) is 37.9 Å². The number of morpholine rings is 1. The molecule has 1 fully saturated rings. The molecule has 0 saturated carbocycles. The molecule has 0 bridgehead atoms. The fourth-order valence-corrected chi connectivity index (χ4v) is 3.84. The Bertz CT molecular complexity index is 834. The third-order valence-electron chi connectivity index (χ3n) is 5.40. The van der Waals surface area contributed by atoms with Gasteiger partial charge in [-0.25, -0.2) is 9.18 Å². The van der Waals surface area contributed by atoms with Crippen LogP contribution in [0.15, 0.2) is 48.5 Å². The van der Waals surface area contributed by atoms with Gasteiger partial charge in [0.15, 0.2) is 0 Å². The molecule has 156 valence electrons. The predicted molar refractivity (Wildman–Crippen MR) is 113 cm³/mol. The van der Waals surface area contributed by atoms with Gasteiger partial charge in [0.05, 0.1) is 18.2 Å². The van der Waals surface area contributed by atoms with Crippen LogP contribution in [0.3, 0.4) is 0 Å². The zero-order chi connectivity index (χ0) is 21.0. The van der Waals surface area contributed by atoms with Crippen LogP contribution in [0.5, 0.6) is 0 Å². The Kier molecular flexibility index (Phi) is 6.87. The average molecular weight is 400 g/mol. The van der Waals surface area contributed by atoms with Gasteiger partial charge in [0, 0.05) is 37.9 Å². The van der Waals surface area contributed by atoms with E-state index >= 15 is 0 Å². The summed E-state index contributed by atoms with van der Waals surface area (Å²) in [6.45, 7) is 8.43. The van der Waals surface area contributed by atoms with Gasteiger partial charge in [-0.3, -0.25) is 4.90 Å². The number of urea groups is 1. The number of halogens is 1. The van der Waals surface area contributed by atoms with Crippen molar-refractivity contribution in [2.24, 2.45) is 0 Å². The summed E-state index contributed by atoms with van der Waals surface area (Å²) in [5.41, 5.74) is 2.32. The van der Waals surface area contributed by atoms with Crippen LogP contribution in [0.4, 0.5) is 14.9 Å². The largest absolute Gasteiger partial charge is 0.373 e. The van der Waals surface area contributed by atoms with Gasteiger partial charge in [0.2, 0.25) is 0 Å². The van der Waals surface area contributed by atoms with Crippen LogP contribution in [-0.4, -0.2) is 48.2 Å². The van der Waals surface area contributed by atoms with Crippen molar-refractivity contribution in [2.75, 3.05) is 25.5 Å². The quantitative estimate of drug-likeness (QED) is 0.795. The molecule has 3 unspecified atom stereocenters. The zero-order valence-electron chi connectivity index (χ0n) is 17.6. The highest BCUT2D eigenvalue weighted by Gasteiger charge is 2.24. The predicted octanol–water partition coefficient (Wildman–Crippen LogP) is 4.66. The number of nitrogens with one attached hydrogen (secondary N) is 1. The van der Waals surface area contributed by atoms with Crippen LogP contribution in [0.2, 0.25) is 0 Å². The van der Waals surface area contributed by atoms with E-state index in [-0.39, 0.29) is 30.1 Å². The Balaban J connectivity index is 1.70. The Labute approximate surface area is 172 Å². The summed E-state index contributed by atoms with van der Waals surface area (Å²) in [6, 6.07) is 13.7. The number of benzene rings is 2. The van der Waals surface area contributed by atoms with E-state index in [1.165, 1.54) is 11.0 Å². The molecule has 1 aliphatic rings. The molecule has 6 heteroatoms. The van der Waals surface area contributed by atoms with E-state index in [1.54, 1.807) is 25.2 Å². The Morgan fingerprint density at radius 1 is 1.17 bits per heavy atom. The minimum atomic E-state index is -0.385. The number of rotatable bonds is 5. The van der Waals surface area contributed by atoms with Crippen molar-refractivity contribution >= 4 is 11.7 Å². The maximum absolute atomic E-state index is 14.1. The zero-order valence-corrected chi connectivity index (χ0v) is 17.6. The van der Waals surface area contributed by atoms with Gasteiger partial charge in [-0.2, -0.15) is 0 Å². The molecule has 0 spiro atoms. The van der Waals surface area contributed by atoms with E-state index in [9.17, 15) is 9.18 Å². The number of hydrogen-bond donors (Lipinski definition) is 1. The molecule has 0 aliphatic carbocycles. The van der Waals surface area contributed by atoms with Gasteiger partial charge < -0.3 is 15.0 Å². The van der Waals surface area contributed by atoms with Crippen molar-refractivity contribution in [3.8, 4) is 0 Å². The Morgan fingerprint density at radius 2 is 1.79 bits per heavy atom. The maximum atomic E-state index is 14.1. The number of nitrogens with zero attached hydrogens (tertiary/aromatic N) is 2. The van der Waals surface area contributed by atoms with Crippen molar-refractivity contribution in [3.63, 3.8) is 0 Å². The molecule has 0 aromatic heterocycles. The highest BCUT2D eigenvalue weighted by molar-refractivity contribution is 5.90. The molecular weight excluding hydrogens is 369 g/mol. The van der Waals surface area contributed by atoms with Gasteiger partial charge in [0.25, 0.3) is 0 Å². The monoisotopic (exact) mass is 399 g/mol. The normalized spacial score (nSPS) is 20.9. The molecule has 1 heterocycles. The molecule has 3 rings (SSSR count). The molecular formula is C23H30FN3O2. The second-order valence-corrected chi connectivity index (χ2v) is 7.85. The molecule has 29 heavy (non-hydrogen) atoms. The van der Waals surface area contributed by atoms with Crippen molar-refractivity contribution in [1.82, 2.24) is 9.80 Å². The average Bonchev–Trinajstić information content (AvgIpc) is 2.68. The third kappa shape index (κ3) is 5.34. The first-order valence-corrected chi connectivity index (χ1v) is 10.1. The fraction of sp³-hybridized carbons (Fsp3) is 0.435. The van der Waals surface area contributed by atoms with Crippen LogP contribution in [0, 0.1) is 5.82 Å². The molecule has 2 amide bonds. The van der Waals surface area contributed by atoms with Crippen molar-refractivity contribution in [2.45, 2.75) is 45.6 Å². The Morgan fingerprint density at radius 3 is 2.48 bits per heavy atom. The SMILES string of the molecule is CC1CN(Cc2ccccc2NC(=O)N(C)C(C)c2ccccc2F)CC(C)O1. The maximum Gasteiger partial charge on any atom is 0.322 e. The van der Waals surface area contributed by atoms with E-state index in [1.807, 2.05) is 31.2 Å². The van der Waals surface area contributed by atoms with E-state index in [0.717, 1.165) is 30.9 Å². The van der Waals surface area contributed by atoms with Gasteiger partial charge in [0.1, 0.15) is 5.82 Å². The van der Waals surface area contributed by atoms with Crippen LogP contribution in [0.25, 0.3) is 0 Å². The van der Waals surface area contributed by atoms with Gasteiger partial charge >= 0.3 is 6.03 Å². The summed E-state index contributed by atoms with van der Waals surface area (Å²) in [7, 11) is 1.68. The first-order valence-electron chi connectivity index (χ1n) is 10.1. The van der Waals surface area contributed by atoms with Crippen LogP contribution in [-0.2, 0) is 11.3 Å². The number of amides is 2. The molecule has 1 aliphatic heterocycles. The minimum Gasteiger partial charge on any atom is -0.373 e. The lowest BCUT2D eigenvalue weighted by atomic mass is 10.1. The number of hydrogen-bond acceptors (Lipinski definition) is 3. The van der Waals surface area contributed by atoms with Gasteiger partial charge in [-0.15, -0.1) is 0 Å². The summed E-state index contributed by atoms with van der Waals surface area (Å²) in [5, 5.41) is 3.00. The highest BCUT2D eigenvalue weighted by atomic mass is 19.1. The first kappa shape index (κ1) is 21.3. The molecule has 3 atom stereocenters. The highest BCUT2D eigenvalue weighted by Crippen LogP contribution is 2.24.